The van der Waals surface area contributed by atoms with Crippen molar-refractivity contribution < 1.29 is 19.1 Å². The average Bonchev–Trinajstić information content (AvgIpc) is 2.83. The van der Waals surface area contributed by atoms with Gasteiger partial charge >= 0.3 is 0 Å². The number of carbonyl (C=O) groups excluding carboxylic acids is 2. The molecule has 33 heavy (non-hydrogen) atoms. The molecule has 9 heteroatoms. The maximum atomic E-state index is 12.5. The van der Waals surface area contributed by atoms with E-state index < -0.39 is 11.8 Å². The van der Waals surface area contributed by atoms with E-state index in [1.54, 1.807) is 30.3 Å². The van der Waals surface area contributed by atoms with Gasteiger partial charge in [-0.05, 0) is 63.5 Å². The van der Waals surface area contributed by atoms with E-state index in [0.29, 0.717) is 23.7 Å². The number of unbranched alkanes of at least 4 members (excludes halogenated alkanes) is 1. The number of fused-ring (bicyclic) bond motifs is 1. The van der Waals surface area contributed by atoms with Gasteiger partial charge in [0.1, 0.15) is 11.5 Å². The van der Waals surface area contributed by atoms with Crippen molar-refractivity contribution in [1.29, 1.82) is 0 Å². The Balaban J connectivity index is 1.48. The van der Waals surface area contributed by atoms with Gasteiger partial charge in [-0.15, -0.1) is 0 Å². The summed E-state index contributed by atoms with van der Waals surface area (Å²) in [6, 6.07) is 18.4. The first-order valence-electron chi connectivity index (χ1n) is 10.4. The van der Waals surface area contributed by atoms with Crippen LogP contribution < -0.4 is 25.6 Å². The first kappa shape index (κ1) is 24.5. The number of thiocarbonyl (C=S) groups is 1. The third kappa shape index (κ3) is 6.90. The van der Waals surface area contributed by atoms with Crippen molar-refractivity contribution in [3.8, 4) is 11.5 Å². The van der Waals surface area contributed by atoms with Gasteiger partial charge in [-0.1, -0.05) is 55.8 Å². The monoisotopic (exact) mass is 529 g/mol. The Bertz CT molecular complexity index is 1160. The normalized spacial score (nSPS) is 10.4. The fraction of sp³-hybridized carbons (Fsp3) is 0.208. The molecule has 172 valence electrons. The molecule has 3 N–H and O–H groups in total. The summed E-state index contributed by atoms with van der Waals surface area (Å²) in [6.45, 7) is 2.34. The van der Waals surface area contributed by atoms with Crippen LogP contribution in [0.5, 0.6) is 11.5 Å². The van der Waals surface area contributed by atoms with E-state index in [4.69, 9.17) is 21.7 Å². The first-order valence-corrected chi connectivity index (χ1v) is 11.6. The van der Waals surface area contributed by atoms with E-state index in [9.17, 15) is 9.59 Å². The summed E-state index contributed by atoms with van der Waals surface area (Å²) >= 11 is 8.62. The van der Waals surface area contributed by atoms with Crippen molar-refractivity contribution in [3.63, 3.8) is 0 Å². The molecule has 0 saturated heterocycles. The molecule has 2 amide bonds. The zero-order chi connectivity index (χ0) is 23.6. The molecule has 0 aliphatic rings. The number of ether oxygens (including phenoxy) is 2. The highest BCUT2D eigenvalue weighted by Crippen LogP contribution is 2.32. The van der Waals surface area contributed by atoms with E-state index in [2.05, 4.69) is 39.0 Å². The fourth-order valence-electron chi connectivity index (χ4n) is 2.94. The summed E-state index contributed by atoms with van der Waals surface area (Å²) in [5, 5.41) is 4.51. The second-order valence-electron chi connectivity index (χ2n) is 7.04. The largest absolute Gasteiger partial charge is 0.493 e. The minimum Gasteiger partial charge on any atom is -0.493 e. The molecule has 0 aromatic heterocycles. The molecule has 3 aromatic carbocycles. The number of halogens is 1. The molecule has 0 bridgehead atoms. The van der Waals surface area contributed by atoms with Gasteiger partial charge < -0.3 is 9.47 Å². The maximum absolute atomic E-state index is 12.5. The smallest absolute Gasteiger partial charge is 0.276 e. The van der Waals surface area contributed by atoms with E-state index >= 15 is 0 Å². The van der Waals surface area contributed by atoms with Gasteiger partial charge in [0.15, 0.2) is 11.7 Å². The summed E-state index contributed by atoms with van der Waals surface area (Å²) < 4.78 is 12.0. The van der Waals surface area contributed by atoms with Crippen LogP contribution in [0.1, 0.15) is 30.1 Å². The van der Waals surface area contributed by atoms with Crippen molar-refractivity contribution in [2.24, 2.45) is 0 Å². The number of carbonyl (C=O) groups is 2. The highest BCUT2D eigenvalue weighted by atomic mass is 79.9. The second kappa shape index (κ2) is 12.2. The Morgan fingerprint density at radius 3 is 2.52 bits per heavy atom. The van der Waals surface area contributed by atoms with E-state index in [-0.39, 0.29) is 11.7 Å². The molecular formula is C24H24BrN3O4S. The van der Waals surface area contributed by atoms with Crippen LogP contribution in [0.25, 0.3) is 10.8 Å². The third-order valence-electron chi connectivity index (χ3n) is 4.62. The van der Waals surface area contributed by atoms with Crippen molar-refractivity contribution in [3.05, 3.63) is 70.7 Å². The van der Waals surface area contributed by atoms with Gasteiger partial charge in [0, 0.05) is 0 Å². The first-order chi connectivity index (χ1) is 16.0. The molecule has 3 aromatic rings. The Labute approximate surface area is 205 Å². The number of amides is 2. The Morgan fingerprint density at radius 1 is 0.939 bits per heavy atom. The SMILES string of the molecule is CCCCOc1ccccc1C(=O)NC(=S)NNC(=O)COc1ccc2ccccc2c1Br. The molecule has 0 fully saturated rings. The van der Waals surface area contributed by atoms with Crippen LogP contribution in [-0.4, -0.2) is 30.1 Å². The fourth-order valence-corrected chi connectivity index (χ4v) is 3.69. The summed E-state index contributed by atoms with van der Waals surface area (Å²) in [5.41, 5.74) is 5.26. The molecular weight excluding hydrogens is 506 g/mol. The molecule has 0 unspecified atom stereocenters. The molecule has 0 atom stereocenters. The number of benzene rings is 3. The Hall–Kier alpha value is -3.17. The van der Waals surface area contributed by atoms with Gasteiger partial charge in [-0.25, -0.2) is 0 Å². The lowest BCUT2D eigenvalue weighted by Crippen LogP contribution is -2.49. The van der Waals surface area contributed by atoms with Crippen LogP contribution in [0.15, 0.2) is 65.1 Å². The van der Waals surface area contributed by atoms with Crippen molar-refractivity contribution in [2.75, 3.05) is 13.2 Å². The van der Waals surface area contributed by atoms with Crippen LogP contribution >= 0.6 is 28.1 Å². The number of para-hydroxylation sites is 1. The van der Waals surface area contributed by atoms with Crippen molar-refractivity contribution in [2.45, 2.75) is 19.8 Å². The third-order valence-corrected chi connectivity index (χ3v) is 5.64. The number of hydrogen-bond donors (Lipinski definition) is 3. The average molecular weight is 530 g/mol. The lowest BCUT2D eigenvalue weighted by Gasteiger charge is -2.14. The Morgan fingerprint density at radius 2 is 1.70 bits per heavy atom. The van der Waals surface area contributed by atoms with Crippen LogP contribution in [0.3, 0.4) is 0 Å². The number of rotatable bonds is 8. The van der Waals surface area contributed by atoms with E-state index in [0.717, 1.165) is 28.1 Å². The van der Waals surface area contributed by atoms with Gasteiger partial charge in [-0.2, -0.15) is 0 Å². The Kier molecular flexibility index (Phi) is 9.03. The quantitative estimate of drug-likeness (QED) is 0.226. The van der Waals surface area contributed by atoms with Crippen LogP contribution in [0, 0.1) is 0 Å². The molecule has 0 radical (unpaired) electrons. The molecule has 0 aliphatic carbocycles. The highest BCUT2D eigenvalue weighted by molar-refractivity contribution is 9.10. The molecule has 0 saturated carbocycles. The number of nitrogens with one attached hydrogen (secondary N) is 3. The molecule has 3 rings (SSSR count). The zero-order valence-electron chi connectivity index (χ0n) is 18.0. The summed E-state index contributed by atoms with van der Waals surface area (Å²) in [6.07, 6.45) is 1.88. The van der Waals surface area contributed by atoms with E-state index in [1.165, 1.54) is 0 Å². The molecule has 0 aliphatic heterocycles. The maximum Gasteiger partial charge on any atom is 0.276 e. The predicted octanol–water partition coefficient (Wildman–Crippen LogP) is 4.50. The van der Waals surface area contributed by atoms with Crippen LogP contribution in [0.2, 0.25) is 0 Å². The van der Waals surface area contributed by atoms with Crippen LogP contribution in [0.4, 0.5) is 0 Å². The molecule has 7 nitrogen and oxygen atoms in total. The second-order valence-corrected chi connectivity index (χ2v) is 8.24. The number of hydrazine groups is 1. The van der Waals surface area contributed by atoms with Crippen LogP contribution in [-0.2, 0) is 4.79 Å². The van der Waals surface area contributed by atoms with Gasteiger partial charge in [0.25, 0.3) is 11.8 Å². The van der Waals surface area contributed by atoms with Crippen molar-refractivity contribution >= 4 is 55.8 Å². The lowest BCUT2D eigenvalue weighted by atomic mass is 10.1. The lowest BCUT2D eigenvalue weighted by molar-refractivity contribution is -0.123. The highest BCUT2D eigenvalue weighted by Gasteiger charge is 2.14. The molecule has 0 heterocycles. The van der Waals surface area contributed by atoms with Gasteiger partial charge in [0.2, 0.25) is 0 Å². The summed E-state index contributed by atoms with van der Waals surface area (Å²) in [4.78, 5) is 24.7. The minimum absolute atomic E-state index is 0.0522. The predicted molar refractivity (Wildman–Crippen MR) is 135 cm³/mol. The number of hydrogen-bond acceptors (Lipinski definition) is 5. The molecule has 0 spiro atoms. The summed E-state index contributed by atoms with van der Waals surface area (Å²) in [5.74, 6) is 0.115. The van der Waals surface area contributed by atoms with Gasteiger partial charge in [0.05, 0.1) is 16.6 Å². The van der Waals surface area contributed by atoms with Crippen molar-refractivity contribution in [1.82, 2.24) is 16.2 Å². The van der Waals surface area contributed by atoms with E-state index in [1.807, 2.05) is 30.3 Å². The minimum atomic E-state index is -0.463. The standard InChI is InChI=1S/C24H24BrN3O4S/c1-2-3-14-31-19-11-7-6-10-18(19)23(30)26-24(33)28-27-21(29)15-32-20-13-12-16-8-4-5-9-17(16)22(20)25/h4-13H,2-3,14-15H2,1H3,(H,27,29)(H2,26,28,30,33). The summed E-state index contributed by atoms with van der Waals surface area (Å²) in [7, 11) is 0. The topological polar surface area (TPSA) is 88.7 Å². The zero-order valence-corrected chi connectivity index (χ0v) is 20.4. The van der Waals surface area contributed by atoms with Gasteiger partial charge in [-0.3, -0.25) is 25.8 Å².